The summed E-state index contributed by atoms with van der Waals surface area (Å²) in [7, 11) is -2.35. The van der Waals surface area contributed by atoms with Crippen molar-refractivity contribution in [2.24, 2.45) is 5.92 Å². The Balaban J connectivity index is 1.40. The lowest BCUT2D eigenvalue weighted by molar-refractivity contribution is -0.0475. The van der Waals surface area contributed by atoms with Crippen LogP contribution in [0.1, 0.15) is 60.1 Å². The lowest BCUT2D eigenvalue weighted by Gasteiger charge is -2.40. The van der Waals surface area contributed by atoms with Gasteiger partial charge in [0.05, 0.1) is 19.0 Å². The fraction of sp³-hybridized carbons (Fsp3) is 0.731. The number of nitrogen functional groups attached to an aromatic ring is 1. The van der Waals surface area contributed by atoms with E-state index in [1.165, 1.54) is 16.5 Å². The number of nitrogens with one attached hydrogen (secondary N) is 1. The second-order valence-electron chi connectivity index (χ2n) is 13.2. The van der Waals surface area contributed by atoms with E-state index < -0.39 is 44.1 Å². The maximum atomic E-state index is 12.4. The molecule has 2 aliphatic heterocycles. The molecule has 41 heavy (non-hydrogen) atoms. The number of imidazole rings is 1. The first-order chi connectivity index (χ1) is 18.9. The molecule has 228 valence electrons. The van der Waals surface area contributed by atoms with E-state index in [1.54, 1.807) is 11.4 Å². The largest absolute Gasteiger partial charge is 0.408 e. The van der Waals surface area contributed by atoms with Gasteiger partial charge in [-0.1, -0.05) is 44.3 Å². The average Bonchev–Trinajstić information content (AvgIpc) is 3.48. The molecule has 2 aromatic rings. The van der Waals surface area contributed by atoms with Crippen LogP contribution in [-0.2, 0) is 30.0 Å². The highest BCUT2D eigenvalue weighted by Crippen LogP contribution is 2.75. The molecule has 0 radical (unpaired) electrons. The molecule has 4 heterocycles. The highest BCUT2D eigenvalue weighted by molar-refractivity contribution is 8.68. The van der Waals surface area contributed by atoms with Crippen LogP contribution in [0.5, 0.6) is 0 Å². The summed E-state index contributed by atoms with van der Waals surface area (Å²) in [5.74, 6) is 0.370. The maximum absolute atomic E-state index is 12.4. The lowest BCUT2D eigenvalue weighted by Crippen LogP contribution is -2.49. The molecule has 0 aromatic carbocycles. The van der Waals surface area contributed by atoms with E-state index in [9.17, 15) is 9.90 Å². The fourth-order valence-corrected chi connectivity index (χ4v) is 13.9. The van der Waals surface area contributed by atoms with Gasteiger partial charge in [0.1, 0.15) is 18.3 Å². The number of allylic oxidation sites excluding steroid dienone is 1. The molecule has 0 amide bonds. The monoisotopic (exact) mass is 643 g/mol. The Hall–Kier alpha value is -1.09. The third kappa shape index (κ3) is 5.88. The van der Waals surface area contributed by atoms with Crippen LogP contribution in [0.4, 0.5) is 5.95 Å². The number of fused-ring (bicyclic) bond motifs is 2. The summed E-state index contributed by atoms with van der Waals surface area (Å²) in [5.41, 5.74) is 4.15. The van der Waals surface area contributed by atoms with Gasteiger partial charge in [0.25, 0.3) is 5.56 Å². The third-order valence-corrected chi connectivity index (χ3v) is 19.4. The normalized spacial score (nSPS) is 36.1. The molecule has 15 heteroatoms. The Morgan fingerprint density at radius 3 is 2.83 bits per heavy atom. The third-order valence-electron chi connectivity index (χ3n) is 9.11. The second-order valence-corrected chi connectivity index (χ2v) is 24.6. The maximum Gasteiger partial charge on any atom is 0.280 e. The van der Waals surface area contributed by atoms with Gasteiger partial charge in [-0.2, -0.15) is 4.98 Å². The number of rotatable bonds is 7. The van der Waals surface area contributed by atoms with Gasteiger partial charge in [-0.15, -0.1) is 0 Å². The second kappa shape index (κ2) is 10.8. The van der Waals surface area contributed by atoms with E-state index in [4.69, 9.17) is 35.8 Å². The zero-order valence-corrected chi connectivity index (χ0v) is 28.3. The Kier molecular flexibility index (Phi) is 8.26. The highest BCUT2D eigenvalue weighted by Gasteiger charge is 2.55. The van der Waals surface area contributed by atoms with Gasteiger partial charge in [0, 0.05) is 4.75 Å². The number of aromatic nitrogens is 4. The molecule has 3 aliphatic rings. The number of aliphatic hydroxyl groups excluding tert-OH is 1. The van der Waals surface area contributed by atoms with Crippen molar-refractivity contribution in [2.45, 2.75) is 107 Å². The van der Waals surface area contributed by atoms with Crippen molar-refractivity contribution in [1.82, 2.24) is 19.5 Å². The first-order valence-electron chi connectivity index (χ1n) is 14.0. The van der Waals surface area contributed by atoms with Gasteiger partial charge in [-0.3, -0.25) is 14.3 Å². The zero-order chi connectivity index (χ0) is 30.1. The Bertz CT molecular complexity index is 1450. The number of nitrogens with zero attached hydrogens (tertiary/aromatic N) is 3. The number of aromatic amines is 1. The minimum Gasteiger partial charge on any atom is -0.408 e. The van der Waals surface area contributed by atoms with Crippen molar-refractivity contribution in [3.63, 3.8) is 0 Å². The van der Waals surface area contributed by atoms with Crippen LogP contribution >= 0.6 is 17.1 Å². The molecular formula is C26H42N5O6PS2Si. The van der Waals surface area contributed by atoms with Gasteiger partial charge in [0.2, 0.25) is 11.6 Å². The molecule has 0 bridgehead atoms. The Morgan fingerprint density at radius 2 is 2.17 bits per heavy atom. The van der Waals surface area contributed by atoms with Crippen molar-refractivity contribution in [3.8, 4) is 0 Å². The van der Waals surface area contributed by atoms with Crippen molar-refractivity contribution in [2.75, 3.05) is 12.3 Å². The number of H-pyrrole nitrogens is 1. The van der Waals surface area contributed by atoms with Gasteiger partial charge >= 0.3 is 0 Å². The molecule has 1 aliphatic carbocycles. The van der Waals surface area contributed by atoms with Crippen molar-refractivity contribution >= 4 is 54.3 Å². The average molecular weight is 644 g/mol. The van der Waals surface area contributed by atoms with E-state index in [-0.39, 0.29) is 39.6 Å². The topological polar surface area (TPSA) is 147 Å². The van der Waals surface area contributed by atoms with Crippen LogP contribution in [-0.4, -0.2) is 68.7 Å². The molecular weight excluding hydrogens is 602 g/mol. The van der Waals surface area contributed by atoms with Crippen LogP contribution in [0.25, 0.3) is 11.2 Å². The summed E-state index contributed by atoms with van der Waals surface area (Å²) in [6.07, 6.45) is 0.993. The molecule has 3 fully saturated rings. The SMILES string of the molecule is C=C(C)[C@@H]1CC[C@]2(C)S[P@@](=S)(OC[C@H]3O[C@@H](n4cnc5c(=O)[nH]c(N)nc54)[C@H](O)[C@@H]3O[Si](C)(C)C(C)(C)C)O[C@H]2C1. The van der Waals surface area contributed by atoms with Crippen LogP contribution in [0, 0.1) is 5.92 Å². The number of hydrogen-bond acceptors (Lipinski definition) is 11. The molecule has 8 atom stereocenters. The van der Waals surface area contributed by atoms with E-state index >= 15 is 0 Å². The summed E-state index contributed by atoms with van der Waals surface area (Å²) in [5, 5.41) is 11.5. The summed E-state index contributed by atoms with van der Waals surface area (Å²) in [4.78, 5) is 23.3. The molecule has 2 saturated heterocycles. The van der Waals surface area contributed by atoms with Gasteiger partial charge in [0.15, 0.2) is 25.7 Å². The zero-order valence-electron chi connectivity index (χ0n) is 24.7. The molecule has 2 aromatic heterocycles. The first-order valence-corrected chi connectivity index (χ1v) is 20.9. The molecule has 11 nitrogen and oxygen atoms in total. The standard InChI is InChI=1S/C26H42N5O6PS2Si/c1-14(2)15-9-10-26(6)17(11-15)36-38(39,40-26)34-12-16-20(37-41(7,8)25(3,4)5)19(32)23(35-16)31-13-28-18-21(31)29-24(27)30-22(18)33/h13,15-17,19-20,23,32H,1,9-12H2,2-8H3,(H3,27,29,30,33)/t15-,16-,17+,19-,20-,23-,26+,38+/m1/s1. The number of anilines is 1. The highest BCUT2D eigenvalue weighted by atomic mass is 32.9. The predicted molar refractivity (Wildman–Crippen MR) is 168 cm³/mol. The smallest absolute Gasteiger partial charge is 0.280 e. The van der Waals surface area contributed by atoms with Crippen molar-refractivity contribution < 1.29 is 23.3 Å². The Labute approximate surface area is 251 Å². The molecule has 0 spiro atoms. The Morgan fingerprint density at radius 1 is 1.46 bits per heavy atom. The van der Waals surface area contributed by atoms with Crippen LogP contribution < -0.4 is 11.3 Å². The minimum absolute atomic E-state index is 0.00262. The molecule has 1 saturated carbocycles. The first kappa shape index (κ1) is 31.3. The van der Waals surface area contributed by atoms with Gasteiger partial charge < -0.3 is 29.1 Å². The predicted octanol–water partition coefficient (Wildman–Crippen LogP) is 4.86. The fourth-order valence-electron chi connectivity index (χ4n) is 5.48. The minimum atomic E-state index is -2.69. The summed E-state index contributed by atoms with van der Waals surface area (Å²) < 4.78 is 27.5. The van der Waals surface area contributed by atoms with E-state index in [0.29, 0.717) is 5.92 Å². The van der Waals surface area contributed by atoms with Crippen molar-refractivity contribution in [1.29, 1.82) is 0 Å². The summed E-state index contributed by atoms with van der Waals surface area (Å²) >= 11 is 7.65. The molecule has 4 N–H and O–H groups in total. The van der Waals surface area contributed by atoms with E-state index in [2.05, 4.69) is 69.2 Å². The van der Waals surface area contributed by atoms with E-state index in [1.807, 2.05) is 0 Å². The molecule has 5 rings (SSSR count). The summed E-state index contributed by atoms with van der Waals surface area (Å²) in [6, 6.07) is 0. The lowest BCUT2D eigenvalue weighted by atomic mass is 9.77. The van der Waals surface area contributed by atoms with Crippen LogP contribution in [0.2, 0.25) is 18.1 Å². The summed E-state index contributed by atoms with van der Waals surface area (Å²) in [6.45, 7) is 19.2. The van der Waals surface area contributed by atoms with E-state index in [0.717, 1.165) is 19.3 Å². The number of ether oxygens (including phenoxy) is 1. The van der Waals surface area contributed by atoms with Gasteiger partial charge in [-0.05, 0) is 69.0 Å². The quantitative estimate of drug-likeness (QED) is 0.216. The number of hydrogen-bond donors (Lipinski definition) is 3. The van der Waals surface area contributed by atoms with Crippen molar-refractivity contribution in [3.05, 3.63) is 28.8 Å². The van der Waals surface area contributed by atoms with Gasteiger partial charge in [-0.25, -0.2) is 4.98 Å². The number of aliphatic hydroxyl groups is 1. The number of nitrogens with two attached hydrogens (primary N) is 1. The van der Waals surface area contributed by atoms with Crippen LogP contribution in [0.3, 0.4) is 0 Å². The van der Waals surface area contributed by atoms with Crippen LogP contribution in [0.15, 0.2) is 23.3 Å². The molecule has 0 unspecified atom stereocenters.